The van der Waals surface area contributed by atoms with Gasteiger partial charge in [-0.05, 0) is 49.6 Å². The number of ether oxygens (including phenoxy) is 1. The molecule has 132 valence electrons. The van der Waals surface area contributed by atoms with Crippen LogP contribution in [0.5, 0.6) is 11.5 Å². The second-order valence-corrected chi connectivity index (χ2v) is 6.47. The van der Waals surface area contributed by atoms with Gasteiger partial charge in [0, 0.05) is 18.7 Å². The standard InChI is InChI=1S/C20H23NO4/c22-15-20(24)10-5-12-21(13-11-20)19(23)16-6-4-9-18(14-16)25-17-7-2-1-3-8-17/h1-4,6-9,14,22,24H,5,10-13,15H2/t20-/m1/s1. The first kappa shape index (κ1) is 17.5. The lowest BCUT2D eigenvalue weighted by molar-refractivity contribution is -0.0250. The Labute approximate surface area is 147 Å². The van der Waals surface area contributed by atoms with Crippen LogP contribution in [0.2, 0.25) is 0 Å². The summed E-state index contributed by atoms with van der Waals surface area (Å²) in [5.41, 5.74) is -0.518. The predicted octanol–water partition coefficient (Wildman–Crippen LogP) is 2.83. The molecule has 0 radical (unpaired) electrons. The normalized spacial score (nSPS) is 20.8. The Morgan fingerprint density at radius 2 is 1.80 bits per heavy atom. The number of rotatable bonds is 4. The molecule has 0 spiro atoms. The van der Waals surface area contributed by atoms with Gasteiger partial charge in [-0.25, -0.2) is 0 Å². The third kappa shape index (κ3) is 4.38. The van der Waals surface area contributed by atoms with Gasteiger partial charge in [-0.1, -0.05) is 24.3 Å². The van der Waals surface area contributed by atoms with E-state index in [1.165, 1.54) is 0 Å². The monoisotopic (exact) mass is 341 g/mol. The van der Waals surface area contributed by atoms with Crippen molar-refractivity contribution in [2.75, 3.05) is 19.7 Å². The molecule has 25 heavy (non-hydrogen) atoms. The molecule has 1 heterocycles. The molecule has 1 aliphatic heterocycles. The van der Waals surface area contributed by atoms with Gasteiger partial charge in [0.2, 0.25) is 0 Å². The molecule has 2 aromatic rings. The summed E-state index contributed by atoms with van der Waals surface area (Å²) in [5.74, 6) is 1.24. The van der Waals surface area contributed by atoms with E-state index in [0.717, 1.165) is 5.75 Å². The molecule has 1 fully saturated rings. The number of aliphatic hydroxyl groups is 2. The zero-order chi connectivity index (χ0) is 17.7. The molecule has 3 rings (SSSR count). The average molecular weight is 341 g/mol. The minimum absolute atomic E-state index is 0.0827. The fraction of sp³-hybridized carbons (Fsp3) is 0.350. The summed E-state index contributed by atoms with van der Waals surface area (Å²) in [6.45, 7) is 0.736. The fourth-order valence-corrected chi connectivity index (χ4v) is 3.04. The largest absolute Gasteiger partial charge is 0.457 e. The molecule has 1 atom stereocenters. The van der Waals surface area contributed by atoms with Gasteiger partial charge in [0.05, 0.1) is 12.2 Å². The number of para-hydroxylation sites is 1. The molecule has 0 aliphatic carbocycles. The molecule has 2 aromatic carbocycles. The Morgan fingerprint density at radius 3 is 2.56 bits per heavy atom. The van der Waals surface area contributed by atoms with Gasteiger partial charge in [0.25, 0.3) is 5.91 Å². The third-order valence-electron chi connectivity index (χ3n) is 4.56. The first-order valence-corrected chi connectivity index (χ1v) is 8.55. The molecule has 0 unspecified atom stereocenters. The SMILES string of the molecule is O=C(c1cccc(Oc2ccccc2)c1)N1CCC[C@](O)(CO)CC1. The molecule has 5 nitrogen and oxygen atoms in total. The van der Waals surface area contributed by atoms with Crippen molar-refractivity contribution in [1.29, 1.82) is 0 Å². The number of amides is 1. The van der Waals surface area contributed by atoms with Crippen molar-refractivity contribution in [3.05, 3.63) is 60.2 Å². The third-order valence-corrected chi connectivity index (χ3v) is 4.56. The van der Waals surface area contributed by atoms with E-state index in [4.69, 9.17) is 4.74 Å². The number of benzene rings is 2. The molecule has 2 N–H and O–H groups in total. The summed E-state index contributed by atoms with van der Waals surface area (Å²) in [7, 11) is 0. The number of hydrogen-bond donors (Lipinski definition) is 2. The van der Waals surface area contributed by atoms with Crippen LogP contribution in [-0.2, 0) is 0 Å². The summed E-state index contributed by atoms with van der Waals surface area (Å²) >= 11 is 0. The maximum atomic E-state index is 12.8. The van der Waals surface area contributed by atoms with Crippen LogP contribution in [-0.4, -0.2) is 46.3 Å². The van der Waals surface area contributed by atoms with Crippen LogP contribution in [0.1, 0.15) is 29.6 Å². The number of carbonyl (C=O) groups is 1. The molecule has 1 saturated heterocycles. The average Bonchev–Trinajstić information content (AvgIpc) is 2.85. The molecule has 0 saturated carbocycles. The number of nitrogens with zero attached hydrogens (tertiary/aromatic N) is 1. The van der Waals surface area contributed by atoms with Crippen LogP contribution in [0.4, 0.5) is 0 Å². The molecule has 1 amide bonds. The van der Waals surface area contributed by atoms with E-state index in [0.29, 0.717) is 43.7 Å². The smallest absolute Gasteiger partial charge is 0.253 e. The van der Waals surface area contributed by atoms with E-state index >= 15 is 0 Å². The van der Waals surface area contributed by atoms with Crippen LogP contribution in [0.3, 0.4) is 0 Å². The number of carbonyl (C=O) groups excluding carboxylic acids is 1. The highest BCUT2D eigenvalue weighted by molar-refractivity contribution is 5.94. The fourth-order valence-electron chi connectivity index (χ4n) is 3.04. The highest BCUT2D eigenvalue weighted by Gasteiger charge is 2.31. The molecular weight excluding hydrogens is 318 g/mol. The molecule has 5 heteroatoms. The van der Waals surface area contributed by atoms with Crippen LogP contribution < -0.4 is 4.74 Å². The van der Waals surface area contributed by atoms with Crippen LogP contribution in [0.15, 0.2) is 54.6 Å². The Balaban J connectivity index is 1.71. The maximum Gasteiger partial charge on any atom is 0.253 e. The van der Waals surface area contributed by atoms with Crippen molar-refractivity contribution in [3.63, 3.8) is 0 Å². The first-order chi connectivity index (χ1) is 12.1. The van der Waals surface area contributed by atoms with E-state index in [2.05, 4.69) is 0 Å². The number of likely N-dealkylation sites (tertiary alicyclic amines) is 1. The van der Waals surface area contributed by atoms with E-state index in [1.54, 1.807) is 23.1 Å². The van der Waals surface area contributed by atoms with Gasteiger partial charge < -0.3 is 19.8 Å². The Morgan fingerprint density at radius 1 is 1.04 bits per heavy atom. The van der Waals surface area contributed by atoms with Crippen LogP contribution in [0.25, 0.3) is 0 Å². The zero-order valence-electron chi connectivity index (χ0n) is 14.1. The van der Waals surface area contributed by atoms with Crippen molar-refractivity contribution < 1.29 is 19.7 Å². The van der Waals surface area contributed by atoms with Crippen molar-refractivity contribution in [3.8, 4) is 11.5 Å². The summed E-state index contributed by atoms with van der Waals surface area (Å²) in [5, 5.41) is 19.6. The van der Waals surface area contributed by atoms with Crippen LogP contribution in [0, 0.1) is 0 Å². The Kier molecular flexibility index (Phi) is 5.36. The van der Waals surface area contributed by atoms with E-state index in [-0.39, 0.29) is 12.5 Å². The lowest BCUT2D eigenvalue weighted by Crippen LogP contribution is -2.36. The highest BCUT2D eigenvalue weighted by Crippen LogP contribution is 2.25. The van der Waals surface area contributed by atoms with E-state index in [9.17, 15) is 15.0 Å². The number of hydrogen-bond acceptors (Lipinski definition) is 4. The van der Waals surface area contributed by atoms with Gasteiger partial charge in [-0.3, -0.25) is 4.79 Å². The van der Waals surface area contributed by atoms with Gasteiger partial charge in [-0.15, -0.1) is 0 Å². The summed E-state index contributed by atoms with van der Waals surface area (Å²) in [6, 6.07) is 16.5. The van der Waals surface area contributed by atoms with Crippen molar-refractivity contribution in [2.24, 2.45) is 0 Å². The molecule has 1 aliphatic rings. The zero-order valence-corrected chi connectivity index (χ0v) is 14.1. The minimum Gasteiger partial charge on any atom is -0.457 e. The maximum absolute atomic E-state index is 12.8. The second-order valence-electron chi connectivity index (χ2n) is 6.47. The first-order valence-electron chi connectivity index (χ1n) is 8.55. The summed E-state index contributed by atoms with van der Waals surface area (Å²) < 4.78 is 5.79. The van der Waals surface area contributed by atoms with Crippen molar-refractivity contribution >= 4 is 5.91 Å². The quantitative estimate of drug-likeness (QED) is 0.897. The topological polar surface area (TPSA) is 70.0 Å². The van der Waals surface area contributed by atoms with E-state index in [1.807, 2.05) is 36.4 Å². The lowest BCUT2D eigenvalue weighted by Gasteiger charge is -2.24. The minimum atomic E-state index is -1.08. The Bertz CT molecular complexity index is 719. The summed E-state index contributed by atoms with van der Waals surface area (Å²) in [4.78, 5) is 14.5. The second kappa shape index (κ2) is 7.68. The summed E-state index contributed by atoms with van der Waals surface area (Å²) in [6.07, 6.45) is 1.56. The highest BCUT2D eigenvalue weighted by atomic mass is 16.5. The lowest BCUT2D eigenvalue weighted by atomic mass is 9.96. The molecule has 0 bridgehead atoms. The van der Waals surface area contributed by atoms with Gasteiger partial charge >= 0.3 is 0 Å². The Hall–Kier alpha value is -2.37. The van der Waals surface area contributed by atoms with E-state index < -0.39 is 5.60 Å². The molecular formula is C20H23NO4. The van der Waals surface area contributed by atoms with Crippen molar-refractivity contribution in [1.82, 2.24) is 4.90 Å². The van der Waals surface area contributed by atoms with Gasteiger partial charge in [0.15, 0.2) is 0 Å². The van der Waals surface area contributed by atoms with Gasteiger partial charge in [0.1, 0.15) is 11.5 Å². The molecule has 0 aromatic heterocycles. The van der Waals surface area contributed by atoms with Gasteiger partial charge in [-0.2, -0.15) is 0 Å². The number of aliphatic hydroxyl groups excluding tert-OH is 1. The van der Waals surface area contributed by atoms with Crippen molar-refractivity contribution in [2.45, 2.75) is 24.9 Å². The van der Waals surface area contributed by atoms with Crippen LogP contribution >= 0.6 is 0 Å². The predicted molar refractivity (Wildman–Crippen MR) is 94.7 cm³/mol.